The van der Waals surface area contributed by atoms with Gasteiger partial charge in [-0.3, -0.25) is 0 Å². The van der Waals surface area contributed by atoms with Gasteiger partial charge < -0.3 is 5.73 Å². The monoisotopic (exact) mass is 337 g/mol. The fourth-order valence-electron chi connectivity index (χ4n) is 1.42. The van der Waals surface area contributed by atoms with Crippen LogP contribution < -0.4 is 5.73 Å². The van der Waals surface area contributed by atoms with Crippen molar-refractivity contribution in [3.63, 3.8) is 0 Å². The van der Waals surface area contributed by atoms with Gasteiger partial charge in [0, 0.05) is 9.61 Å². The van der Waals surface area contributed by atoms with Crippen molar-refractivity contribution in [3.05, 3.63) is 32.4 Å². The minimum absolute atomic E-state index is 0.113. The van der Waals surface area contributed by atoms with Gasteiger partial charge in [-0.2, -0.15) is 0 Å². The van der Waals surface area contributed by atoms with Gasteiger partial charge in [0.25, 0.3) is 0 Å². The first-order valence-electron chi connectivity index (χ1n) is 5.21. The normalized spacial score (nSPS) is 13.2. The fraction of sp³-hybridized carbons (Fsp3) is 0.500. The van der Waals surface area contributed by atoms with Crippen LogP contribution in [0.5, 0.6) is 0 Å². The Hall–Kier alpha value is 0.200. The van der Waals surface area contributed by atoms with Gasteiger partial charge in [0.15, 0.2) is 0 Å². The Morgan fingerprint density at radius 2 is 2.00 bits per heavy atom. The largest absolute Gasteiger partial charge is 0.324 e. The van der Waals surface area contributed by atoms with Gasteiger partial charge in [-0.25, -0.2) is 0 Å². The number of rotatable bonds is 4. The molecule has 1 rings (SSSR count). The molecule has 0 saturated heterocycles. The van der Waals surface area contributed by atoms with Crippen molar-refractivity contribution in [2.75, 3.05) is 0 Å². The van der Waals surface area contributed by atoms with Crippen molar-refractivity contribution in [2.24, 2.45) is 11.7 Å². The summed E-state index contributed by atoms with van der Waals surface area (Å²) in [6.07, 6.45) is 2.18. The Kier molecular flexibility index (Phi) is 5.36. The Morgan fingerprint density at radius 3 is 2.53 bits per heavy atom. The van der Waals surface area contributed by atoms with Gasteiger partial charge in [-0.1, -0.05) is 31.5 Å². The van der Waals surface area contributed by atoms with E-state index in [-0.39, 0.29) is 6.04 Å². The van der Waals surface area contributed by atoms with Crippen LogP contribution in [-0.2, 0) is 0 Å². The zero-order chi connectivity index (χ0) is 11.4. The van der Waals surface area contributed by atoms with Crippen molar-refractivity contribution < 1.29 is 0 Å². The lowest BCUT2D eigenvalue weighted by atomic mass is 9.98. The number of nitrogens with two attached hydrogens (primary N) is 1. The molecule has 1 aromatic carbocycles. The number of hydrogen-bond donors (Lipinski definition) is 1. The predicted molar refractivity (Wildman–Crippen MR) is 75.2 cm³/mol. The molecule has 2 N–H and O–H groups in total. The molecule has 1 atom stereocenters. The number of hydrogen-bond acceptors (Lipinski definition) is 1. The first-order chi connectivity index (χ1) is 7.00. The van der Waals surface area contributed by atoms with E-state index in [1.165, 1.54) is 0 Å². The minimum Gasteiger partial charge on any atom is -0.324 e. The van der Waals surface area contributed by atoms with Crippen LogP contribution in [0.15, 0.2) is 18.2 Å². The maximum absolute atomic E-state index is 6.10. The number of benzene rings is 1. The summed E-state index contributed by atoms with van der Waals surface area (Å²) in [5, 5.41) is 0.799. The van der Waals surface area contributed by atoms with Crippen LogP contribution in [0.25, 0.3) is 0 Å². The maximum Gasteiger partial charge on any atom is 0.0542 e. The molecule has 0 aliphatic heterocycles. The highest BCUT2D eigenvalue weighted by atomic mass is 127. The molecule has 1 unspecified atom stereocenters. The molecule has 0 aliphatic rings. The smallest absolute Gasteiger partial charge is 0.0542 e. The second-order valence-electron chi connectivity index (χ2n) is 4.25. The van der Waals surface area contributed by atoms with Crippen LogP contribution in [0.4, 0.5) is 0 Å². The first kappa shape index (κ1) is 13.3. The van der Waals surface area contributed by atoms with Crippen LogP contribution in [0, 0.1) is 9.49 Å². The van der Waals surface area contributed by atoms with Crippen LogP contribution in [0.1, 0.15) is 38.3 Å². The third kappa shape index (κ3) is 4.29. The maximum atomic E-state index is 6.10. The van der Waals surface area contributed by atoms with E-state index in [2.05, 4.69) is 42.5 Å². The van der Waals surface area contributed by atoms with E-state index >= 15 is 0 Å². The summed E-state index contributed by atoms with van der Waals surface area (Å²) in [5.41, 5.74) is 7.24. The lowest BCUT2D eigenvalue weighted by molar-refractivity contribution is 0.507. The molecule has 3 heteroatoms. The topological polar surface area (TPSA) is 26.0 Å². The third-order valence-corrected chi connectivity index (χ3v) is 4.00. The van der Waals surface area contributed by atoms with Gasteiger partial charge in [0.05, 0.1) is 5.02 Å². The van der Waals surface area contributed by atoms with Gasteiger partial charge in [-0.05, 0) is 59.0 Å². The average Bonchev–Trinajstić information content (AvgIpc) is 2.18. The molecule has 0 bridgehead atoms. The molecule has 0 saturated carbocycles. The molecule has 0 heterocycles. The van der Waals surface area contributed by atoms with Crippen molar-refractivity contribution in [2.45, 2.75) is 32.7 Å². The SMILES string of the molecule is CC(C)CCC(N)c1ccc(I)c(Cl)c1. The molecular weight excluding hydrogens is 320 g/mol. The van der Waals surface area contributed by atoms with Crippen LogP contribution in [0.2, 0.25) is 5.02 Å². The van der Waals surface area contributed by atoms with Gasteiger partial charge in [0.1, 0.15) is 0 Å². The summed E-state index contributed by atoms with van der Waals surface area (Å²) >= 11 is 8.28. The highest BCUT2D eigenvalue weighted by Gasteiger charge is 2.08. The highest BCUT2D eigenvalue weighted by molar-refractivity contribution is 14.1. The second kappa shape index (κ2) is 6.06. The van der Waals surface area contributed by atoms with Crippen LogP contribution in [0.3, 0.4) is 0 Å². The summed E-state index contributed by atoms with van der Waals surface area (Å²) in [5.74, 6) is 0.704. The summed E-state index contributed by atoms with van der Waals surface area (Å²) in [7, 11) is 0. The van der Waals surface area contributed by atoms with Crippen LogP contribution >= 0.6 is 34.2 Å². The zero-order valence-electron chi connectivity index (χ0n) is 9.13. The molecule has 0 amide bonds. The standard InChI is InChI=1S/C12H17ClIN/c1-8(2)3-6-12(15)9-4-5-11(14)10(13)7-9/h4-5,7-8,12H,3,6,15H2,1-2H3. The lowest BCUT2D eigenvalue weighted by Gasteiger charge is -2.14. The van der Waals surface area contributed by atoms with Gasteiger partial charge in [-0.15, -0.1) is 0 Å². The second-order valence-corrected chi connectivity index (χ2v) is 5.82. The Morgan fingerprint density at radius 1 is 1.33 bits per heavy atom. The summed E-state index contributed by atoms with van der Waals surface area (Å²) in [6.45, 7) is 4.43. The molecular formula is C12H17ClIN. The van der Waals surface area contributed by atoms with Crippen molar-refractivity contribution >= 4 is 34.2 Å². The van der Waals surface area contributed by atoms with E-state index in [1.807, 2.05) is 12.1 Å². The van der Waals surface area contributed by atoms with E-state index < -0.39 is 0 Å². The molecule has 84 valence electrons. The predicted octanol–water partition coefficient (Wildman–Crippen LogP) is 4.38. The fourth-order valence-corrected chi connectivity index (χ4v) is 1.95. The van der Waals surface area contributed by atoms with E-state index in [4.69, 9.17) is 17.3 Å². The van der Waals surface area contributed by atoms with E-state index in [0.717, 1.165) is 27.0 Å². The Labute approximate surface area is 111 Å². The zero-order valence-corrected chi connectivity index (χ0v) is 12.0. The van der Waals surface area contributed by atoms with E-state index in [0.29, 0.717) is 5.92 Å². The van der Waals surface area contributed by atoms with Gasteiger partial charge >= 0.3 is 0 Å². The minimum atomic E-state index is 0.113. The third-order valence-electron chi connectivity index (χ3n) is 2.43. The molecule has 0 fully saturated rings. The quantitative estimate of drug-likeness (QED) is 0.811. The van der Waals surface area contributed by atoms with Crippen LogP contribution in [-0.4, -0.2) is 0 Å². The molecule has 0 radical (unpaired) electrons. The molecule has 1 nitrogen and oxygen atoms in total. The average molecular weight is 338 g/mol. The number of halogens is 2. The molecule has 0 spiro atoms. The van der Waals surface area contributed by atoms with E-state index in [9.17, 15) is 0 Å². The lowest BCUT2D eigenvalue weighted by Crippen LogP contribution is -2.11. The Bertz CT molecular complexity index is 325. The van der Waals surface area contributed by atoms with E-state index in [1.54, 1.807) is 0 Å². The molecule has 0 aromatic heterocycles. The molecule has 1 aromatic rings. The first-order valence-corrected chi connectivity index (χ1v) is 6.67. The summed E-state index contributed by atoms with van der Waals surface area (Å²) < 4.78 is 1.08. The Balaban J connectivity index is 2.65. The van der Waals surface area contributed by atoms with Crippen molar-refractivity contribution in [1.29, 1.82) is 0 Å². The summed E-state index contributed by atoms with van der Waals surface area (Å²) in [6, 6.07) is 6.18. The van der Waals surface area contributed by atoms with Crippen molar-refractivity contribution in [3.8, 4) is 0 Å². The molecule has 0 aliphatic carbocycles. The molecule has 15 heavy (non-hydrogen) atoms. The highest BCUT2D eigenvalue weighted by Crippen LogP contribution is 2.25. The summed E-state index contributed by atoms with van der Waals surface area (Å²) in [4.78, 5) is 0. The van der Waals surface area contributed by atoms with Gasteiger partial charge in [0.2, 0.25) is 0 Å². The van der Waals surface area contributed by atoms with Crippen molar-refractivity contribution in [1.82, 2.24) is 0 Å².